The normalized spacial score (nSPS) is 26.8. The summed E-state index contributed by atoms with van der Waals surface area (Å²) in [6.07, 6.45) is 0.457. The van der Waals surface area contributed by atoms with Gasteiger partial charge in [0, 0.05) is 12.6 Å². The molecule has 3 atom stereocenters. The Morgan fingerprint density at radius 1 is 1.39 bits per heavy atom. The third kappa shape index (κ3) is 2.71. The zero-order valence-corrected chi connectivity index (χ0v) is 10.5. The third-order valence-electron chi connectivity index (χ3n) is 3.68. The van der Waals surface area contributed by atoms with E-state index in [1.54, 1.807) is 0 Å². The topological polar surface area (TPSA) is 60.8 Å². The first-order valence-corrected chi connectivity index (χ1v) is 6.31. The van der Waals surface area contributed by atoms with Crippen LogP contribution in [0.4, 0.5) is 0 Å². The fourth-order valence-corrected chi connectivity index (χ4v) is 2.59. The first kappa shape index (κ1) is 13.1. The van der Waals surface area contributed by atoms with Gasteiger partial charge in [0.2, 0.25) is 0 Å². The lowest BCUT2D eigenvalue weighted by Gasteiger charge is -2.39. The zero-order chi connectivity index (χ0) is 13.1. The number of carbonyl (C=O) groups is 1. The standard InChI is InChI=1S/C14H19NO3/c1-10(11-5-3-2-4-6-11)15-8-7-12(16)9-13(15)14(17)18/h2-6,10,12-13,16H,7-9H2,1H3,(H,17,18)/t10-,12-,13+/m1/s1. The summed E-state index contributed by atoms with van der Waals surface area (Å²) in [4.78, 5) is 13.3. The molecule has 0 amide bonds. The fraction of sp³-hybridized carbons (Fsp3) is 0.500. The van der Waals surface area contributed by atoms with Gasteiger partial charge in [0.15, 0.2) is 0 Å². The lowest BCUT2D eigenvalue weighted by Crippen LogP contribution is -2.49. The van der Waals surface area contributed by atoms with E-state index in [0.717, 1.165) is 5.56 Å². The number of benzene rings is 1. The number of nitrogens with zero attached hydrogens (tertiary/aromatic N) is 1. The molecule has 0 unspecified atom stereocenters. The van der Waals surface area contributed by atoms with Crippen LogP contribution in [0.5, 0.6) is 0 Å². The Balaban J connectivity index is 2.17. The summed E-state index contributed by atoms with van der Waals surface area (Å²) in [5.41, 5.74) is 1.11. The van der Waals surface area contributed by atoms with E-state index in [9.17, 15) is 15.0 Å². The van der Waals surface area contributed by atoms with Gasteiger partial charge in [0.1, 0.15) is 6.04 Å². The highest BCUT2D eigenvalue weighted by Gasteiger charge is 2.35. The molecule has 1 fully saturated rings. The van der Waals surface area contributed by atoms with Crippen molar-refractivity contribution in [2.24, 2.45) is 0 Å². The molecule has 1 saturated heterocycles. The van der Waals surface area contributed by atoms with Crippen LogP contribution < -0.4 is 0 Å². The van der Waals surface area contributed by atoms with Crippen molar-refractivity contribution >= 4 is 5.97 Å². The van der Waals surface area contributed by atoms with E-state index in [0.29, 0.717) is 19.4 Å². The summed E-state index contributed by atoms with van der Waals surface area (Å²) >= 11 is 0. The Labute approximate surface area is 107 Å². The van der Waals surface area contributed by atoms with Gasteiger partial charge in [0.05, 0.1) is 6.10 Å². The average molecular weight is 249 g/mol. The zero-order valence-electron chi connectivity index (χ0n) is 10.5. The minimum Gasteiger partial charge on any atom is -0.480 e. The molecule has 0 saturated carbocycles. The van der Waals surface area contributed by atoms with Crippen molar-refractivity contribution < 1.29 is 15.0 Å². The largest absolute Gasteiger partial charge is 0.480 e. The van der Waals surface area contributed by atoms with Crippen LogP contribution in [0.1, 0.15) is 31.4 Å². The van der Waals surface area contributed by atoms with Crippen molar-refractivity contribution in [1.82, 2.24) is 4.90 Å². The quantitative estimate of drug-likeness (QED) is 0.855. The molecule has 1 heterocycles. The number of carboxylic acid groups (broad SMARTS) is 1. The van der Waals surface area contributed by atoms with E-state index in [2.05, 4.69) is 0 Å². The van der Waals surface area contributed by atoms with E-state index in [-0.39, 0.29) is 6.04 Å². The predicted octanol–water partition coefficient (Wildman–Crippen LogP) is 1.66. The maximum absolute atomic E-state index is 11.3. The van der Waals surface area contributed by atoms with Gasteiger partial charge >= 0.3 is 5.97 Å². The predicted molar refractivity (Wildman–Crippen MR) is 68.2 cm³/mol. The summed E-state index contributed by atoms with van der Waals surface area (Å²) in [6.45, 7) is 2.64. The van der Waals surface area contributed by atoms with Gasteiger partial charge in [0.25, 0.3) is 0 Å². The van der Waals surface area contributed by atoms with Gasteiger partial charge < -0.3 is 10.2 Å². The summed E-state index contributed by atoms with van der Waals surface area (Å²) in [7, 11) is 0. The van der Waals surface area contributed by atoms with Gasteiger partial charge in [-0.3, -0.25) is 9.69 Å². The Kier molecular flexibility index (Phi) is 3.99. The SMILES string of the molecule is C[C@H](c1ccccc1)N1CC[C@@H](O)C[C@H]1C(=O)O. The van der Waals surface area contributed by atoms with E-state index in [4.69, 9.17) is 0 Å². The molecule has 2 N–H and O–H groups in total. The van der Waals surface area contributed by atoms with Crippen molar-refractivity contribution in [3.05, 3.63) is 35.9 Å². The average Bonchev–Trinajstić information content (AvgIpc) is 2.39. The number of hydrogen-bond donors (Lipinski definition) is 2. The second kappa shape index (κ2) is 5.50. The second-order valence-corrected chi connectivity index (χ2v) is 4.86. The minimum atomic E-state index is -0.850. The van der Waals surface area contributed by atoms with Crippen LogP contribution in [0, 0.1) is 0 Å². The number of carboxylic acids is 1. The number of aliphatic hydroxyl groups is 1. The lowest BCUT2D eigenvalue weighted by molar-refractivity contribution is -0.148. The monoisotopic (exact) mass is 249 g/mol. The molecule has 0 spiro atoms. The van der Waals surface area contributed by atoms with Gasteiger partial charge in [-0.25, -0.2) is 0 Å². The number of likely N-dealkylation sites (tertiary alicyclic amines) is 1. The smallest absolute Gasteiger partial charge is 0.321 e. The molecule has 1 aromatic rings. The first-order chi connectivity index (χ1) is 8.59. The van der Waals surface area contributed by atoms with Crippen LogP contribution in [0.15, 0.2) is 30.3 Å². The Bertz CT molecular complexity index is 407. The Morgan fingerprint density at radius 3 is 2.67 bits per heavy atom. The maximum Gasteiger partial charge on any atom is 0.321 e. The molecule has 1 aliphatic rings. The van der Waals surface area contributed by atoms with E-state index < -0.39 is 18.1 Å². The third-order valence-corrected chi connectivity index (χ3v) is 3.68. The molecule has 98 valence electrons. The molecule has 0 aromatic heterocycles. The van der Waals surface area contributed by atoms with Gasteiger partial charge in [-0.2, -0.15) is 0 Å². The first-order valence-electron chi connectivity index (χ1n) is 6.31. The fourth-order valence-electron chi connectivity index (χ4n) is 2.59. The number of rotatable bonds is 3. The molecule has 18 heavy (non-hydrogen) atoms. The van der Waals surface area contributed by atoms with Gasteiger partial charge in [-0.15, -0.1) is 0 Å². The van der Waals surface area contributed by atoms with Crippen LogP contribution in [-0.4, -0.2) is 39.8 Å². The molecule has 1 aliphatic heterocycles. The van der Waals surface area contributed by atoms with Crippen molar-refractivity contribution in [1.29, 1.82) is 0 Å². The van der Waals surface area contributed by atoms with E-state index in [1.807, 2.05) is 42.2 Å². The van der Waals surface area contributed by atoms with Gasteiger partial charge in [-0.1, -0.05) is 30.3 Å². The molecule has 0 aliphatic carbocycles. The maximum atomic E-state index is 11.3. The van der Waals surface area contributed by atoms with Crippen molar-refractivity contribution in [2.75, 3.05) is 6.54 Å². The second-order valence-electron chi connectivity index (χ2n) is 4.86. The Morgan fingerprint density at radius 2 is 2.06 bits per heavy atom. The minimum absolute atomic E-state index is 0.0554. The van der Waals surface area contributed by atoms with Crippen LogP contribution in [-0.2, 0) is 4.79 Å². The van der Waals surface area contributed by atoms with E-state index >= 15 is 0 Å². The highest BCUT2D eigenvalue weighted by atomic mass is 16.4. The number of aliphatic hydroxyl groups excluding tert-OH is 1. The van der Waals surface area contributed by atoms with E-state index in [1.165, 1.54) is 0 Å². The van der Waals surface area contributed by atoms with Crippen molar-refractivity contribution in [3.8, 4) is 0 Å². The number of hydrogen-bond acceptors (Lipinski definition) is 3. The highest BCUT2D eigenvalue weighted by molar-refractivity contribution is 5.73. The molecule has 4 nitrogen and oxygen atoms in total. The molecule has 4 heteroatoms. The number of aliphatic carboxylic acids is 1. The lowest BCUT2D eigenvalue weighted by atomic mass is 9.95. The van der Waals surface area contributed by atoms with Crippen molar-refractivity contribution in [2.45, 2.75) is 38.0 Å². The molecule has 1 aromatic carbocycles. The molecule has 0 bridgehead atoms. The van der Waals surface area contributed by atoms with Crippen LogP contribution >= 0.6 is 0 Å². The molecule has 0 radical (unpaired) electrons. The summed E-state index contributed by atoms with van der Waals surface area (Å²) in [5.74, 6) is -0.850. The van der Waals surface area contributed by atoms with Crippen LogP contribution in [0.3, 0.4) is 0 Å². The summed E-state index contributed by atoms with van der Waals surface area (Å²) in [5, 5.41) is 18.9. The van der Waals surface area contributed by atoms with Crippen LogP contribution in [0.25, 0.3) is 0 Å². The molecular weight excluding hydrogens is 230 g/mol. The van der Waals surface area contributed by atoms with Crippen molar-refractivity contribution in [3.63, 3.8) is 0 Å². The van der Waals surface area contributed by atoms with Crippen LogP contribution in [0.2, 0.25) is 0 Å². The number of piperidine rings is 1. The highest BCUT2D eigenvalue weighted by Crippen LogP contribution is 2.28. The Hall–Kier alpha value is -1.39. The summed E-state index contributed by atoms with van der Waals surface area (Å²) < 4.78 is 0. The van der Waals surface area contributed by atoms with Gasteiger partial charge in [-0.05, 0) is 25.3 Å². The molecular formula is C14H19NO3. The molecule has 2 rings (SSSR count). The summed E-state index contributed by atoms with van der Waals surface area (Å²) in [6, 6.07) is 9.35.